The van der Waals surface area contributed by atoms with Gasteiger partial charge in [-0.25, -0.2) is 0 Å². The van der Waals surface area contributed by atoms with Crippen molar-refractivity contribution in [1.29, 1.82) is 0 Å². The van der Waals surface area contributed by atoms with Gasteiger partial charge in [0.15, 0.2) is 5.96 Å². The molecule has 0 aliphatic heterocycles. The zero-order chi connectivity index (χ0) is 17.0. The van der Waals surface area contributed by atoms with Gasteiger partial charge < -0.3 is 16.6 Å². The molecule has 2 aromatic rings. The Kier molecular flexibility index (Phi) is 4.81. The molecule has 0 fully saturated rings. The van der Waals surface area contributed by atoms with Crippen molar-refractivity contribution in [3.05, 3.63) is 59.2 Å². The monoisotopic (exact) mass is 309 g/mol. The lowest BCUT2D eigenvalue weighted by atomic mass is 9.97. The maximum Gasteiger partial charge on any atom is 0.275 e. The average molecular weight is 309 g/mol. The van der Waals surface area contributed by atoms with Crippen molar-refractivity contribution in [2.45, 2.75) is 13.8 Å². The number of aromatic hydroxyl groups is 1. The Bertz CT molecular complexity index is 804. The van der Waals surface area contributed by atoms with Crippen LogP contribution in [0, 0.1) is 6.92 Å². The Hall–Kier alpha value is -3.08. The first-order valence-corrected chi connectivity index (χ1v) is 7.10. The quantitative estimate of drug-likeness (QED) is 0.460. The summed E-state index contributed by atoms with van der Waals surface area (Å²) >= 11 is 0. The highest BCUT2D eigenvalue weighted by molar-refractivity contribution is 6.04. The lowest BCUT2D eigenvalue weighted by Gasteiger charge is -2.09. The molecular formula is C18H19N3O2. The molecule has 23 heavy (non-hydrogen) atoms. The second-order valence-electron chi connectivity index (χ2n) is 5.26. The highest BCUT2D eigenvalue weighted by Gasteiger charge is 2.08. The van der Waals surface area contributed by atoms with Gasteiger partial charge in [-0.1, -0.05) is 30.3 Å². The number of hydrogen-bond donors (Lipinski definition) is 3. The number of nitrogens with two attached hydrogens (primary N) is 2. The van der Waals surface area contributed by atoms with Crippen molar-refractivity contribution in [2.75, 3.05) is 0 Å². The smallest absolute Gasteiger partial charge is 0.275 e. The summed E-state index contributed by atoms with van der Waals surface area (Å²) in [7, 11) is 0. The van der Waals surface area contributed by atoms with E-state index in [-0.39, 0.29) is 11.7 Å². The molecule has 5 N–H and O–H groups in total. The van der Waals surface area contributed by atoms with E-state index in [0.717, 1.165) is 22.3 Å². The summed E-state index contributed by atoms with van der Waals surface area (Å²) in [6.07, 6.45) is 1.74. The van der Waals surface area contributed by atoms with Gasteiger partial charge in [-0.3, -0.25) is 4.79 Å². The standard InChI is InChI=1S/C18H19N3O2/c1-11-9-14(7-8-16(11)22)15-6-4-3-5-13(15)10-12(2)17(23)21-18(19)20/h3-10,22H,1-2H3,(H4,19,20,21,23). The number of phenols is 1. The topological polar surface area (TPSA) is 102 Å². The van der Waals surface area contributed by atoms with E-state index in [9.17, 15) is 9.90 Å². The van der Waals surface area contributed by atoms with E-state index in [0.29, 0.717) is 5.57 Å². The van der Waals surface area contributed by atoms with Crippen LogP contribution in [0.2, 0.25) is 0 Å². The molecule has 5 nitrogen and oxygen atoms in total. The first kappa shape index (κ1) is 16.3. The van der Waals surface area contributed by atoms with Gasteiger partial charge in [0.2, 0.25) is 0 Å². The Labute approximate surface area is 135 Å². The average Bonchev–Trinajstić information content (AvgIpc) is 2.50. The second-order valence-corrected chi connectivity index (χ2v) is 5.26. The molecule has 2 rings (SSSR count). The summed E-state index contributed by atoms with van der Waals surface area (Å²) in [6.45, 7) is 3.50. The summed E-state index contributed by atoms with van der Waals surface area (Å²) < 4.78 is 0. The molecular weight excluding hydrogens is 290 g/mol. The predicted octanol–water partition coefficient (Wildman–Crippen LogP) is 2.57. The van der Waals surface area contributed by atoms with Gasteiger partial charge in [0.1, 0.15) is 5.75 Å². The number of carbonyl (C=O) groups excluding carboxylic acids is 1. The van der Waals surface area contributed by atoms with Crippen LogP contribution in [0.25, 0.3) is 17.2 Å². The summed E-state index contributed by atoms with van der Waals surface area (Å²) in [6, 6.07) is 13.1. The summed E-state index contributed by atoms with van der Waals surface area (Å²) in [5.41, 5.74) is 14.5. The predicted molar refractivity (Wildman–Crippen MR) is 92.7 cm³/mol. The van der Waals surface area contributed by atoms with Crippen molar-refractivity contribution < 1.29 is 9.90 Å². The fraction of sp³-hybridized carbons (Fsp3) is 0.111. The zero-order valence-corrected chi connectivity index (χ0v) is 13.1. The van der Waals surface area contributed by atoms with Gasteiger partial charge in [0.05, 0.1) is 0 Å². The molecule has 5 heteroatoms. The van der Waals surface area contributed by atoms with E-state index >= 15 is 0 Å². The molecule has 1 amide bonds. The van der Waals surface area contributed by atoms with Gasteiger partial charge >= 0.3 is 0 Å². The molecule has 0 saturated heterocycles. The van der Waals surface area contributed by atoms with Crippen molar-refractivity contribution in [2.24, 2.45) is 16.5 Å². The highest BCUT2D eigenvalue weighted by atomic mass is 16.3. The molecule has 0 bridgehead atoms. The molecule has 0 atom stereocenters. The van der Waals surface area contributed by atoms with Crippen LogP contribution in [0.3, 0.4) is 0 Å². The Morgan fingerprint density at radius 2 is 1.87 bits per heavy atom. The van der Waals surface area contributed by atoms with Crippen LogP contribution in [-0.2, 0) is 4.79 Å². The van der Waals surface area contributed by atoms with Gasteiger partial charge in [-0.2, -0.15) is 4.99 Å². The van der Waals surface area contributed by atoms with Crippen LogP contribution in [0.4, 0.5) is 0 Å². The first-order valence-electron chi connectivity index (χ1n) is 7.10. The summed E-state index contributed by atoms with van der Waals surface area (Å²) in [5, 5.41) is 9.67. The number of benzene rings is 2. The highest BCUT2D eigenvalue weighted by Crippen LogP contribution is 2.29. The molecule has 0 saturated carbocycles. The number of phenolic OH excluding ortho intramolecular Hbond substituents is 1. The number of aryl methyl sites for hydroxylation is 1. The minimum absolute atomic E-state index is 0.251. The number of hydrogen-bond acceptors (Lipinski definition) is 2. The lowest BCUT2D eigenvalue weighted by molar-refractivity contribution is -0.114. The fourth-order valence-electron chi connectivity index (χ4n) is 2.21. The van der Waals surface area contributed by atoms with E-state index < -0.39 is 5.91 Å². The number of amides is 1. The SMILES string of the molecule is CC(=Cc1ccccc1-c1ccc(O)c(C)c1)C(=O)N=C(N)N. The van der Waals surface area contributed by atoms with Crippen LogP contribution in [0.1, 0.15) is 18.1 Å². The van der Waals surface area contributed by atoms with Crippen LogP contribution < -0.4 is 11.5 Å². The lowest BCUT2D eigenvalue weighted by Crippen LogP contribution is -2.24. The maximum absolute atomic E-state index is 11.9. The third-order valence-electron chi connectivity index (χ3n) is 3.41. The number of aliphatic imine (C=N–C) groups is 1. The van der Waals surface area contributed by atoms with Crippen molar-refractivity contribution >= 4 is 17.9 Å². The molecule has 0 spiro atoms. The Balaban J connectivity index is 2.47. The zero-order valence-electron chi connectivity index (χ0n) is 13.1. The van der Waals surface area contributed by atoms with E-state index in [1.807, 2.05) is 43.3 Å². The molecule has 0 aliphatic carbocycles. The van der Waals surface area contributed by atoms with E-state index in [4.69, 9.17) is 11.5 Å². The minimum Gasteiger partial charge on any atom is -0.508 e. The Morgan fingerprint density at radius 1 is 1.17 bits per heavy atom. The molecule has 0 aromatic heterocycles. The summed E-state index contributed by atoms with van der Waals surface area (Å²) in [5.74, 6) is -0.479. The minimum atomic E-state index is -0.471. The number of nitrogens with zero attached hydrogens (tertiary/aromatic N) is 1. The normalized spacial score (nSPS) is 11.1. The van der Waals surface area contributed by atoms with Crippen LogP contribution in [-0.4, -0.2) is 17.0 Å². The third kappa shape index (κ3) is 3.97. The van der Waals surface area contributed by atoms with Crippen LogP contribution >= 0.6 is 0 Å². The van der Waals surface area contributed by atoms with Crippen molar-refractivity contribution in [3.63, 3.8) is 0 Å². The third-order valence-corrected chi connectivity index (χ3v) is 3.41. The molecule has 0 heterocycles. The van der Waals surface area contributed by atoms with E-state index in [1.165, 1.54) is 0 Å². The van der Waals surface area contributed by atoms with Gasteiger partial charge in [0.25, 0.3) is 5.91 Å². The van der Waals surface area contributed by atoms with Gasteiger partial charge in [0, 0.05) is 5.57 Å². The fourth-order valence-corrected chi connectivity index (χ4v) is 2.21. The van der Waals surface area contributed by atoms with Crippen molar-refractivity contribution in [3.8, 4) is 16.9 Å². The Morgan fingerprint density at radius 3 is 2.52 bits per heavy atom. The summed E-state index contributed by atoms with van der Waals surface area (Å²) in [4.78, 5) is 15.4. The molecule has 0 aliphatic rings. The first-order chi connectivity index (χ1) is 10.9. The van der Waals surface area contributed by atoms with Crippen LogP contribution in [0.5, 0.6) is 5.75 Å². The van der Waals surface area contributed by atoms with E-state index in [1.54, 1.807) is 19.1 Å². The van der Waals surface area contributed by atoms with Gasteiger partial charge in [-0.05, 0) is 54.3 Å². The largest absolute Gasteiger partial charge is 0.508 e. The number of carbonyl (C=O) groups is 1. The number of guanidine groups is 1. The van der Waals surface area contributed by atoms with Gasteiger partial charge in [-0.15, -0.1) is 0 Å². The molecule has 118 valence electrons. The molecule has 0 radical (unpaired) electrons. The molecule has 2 aromatic carbocycles. The second kappa shape index (κ2) is 6.79. The van der Waals surface area contributed by atoms with E-state index in [2.05, 4.69) is 4.99 Å². The molecule has 0 unspecified atom stereocenters. The van der Waals surface area contributed by atoms with Crippen molar-refractivity contribution in [1.82, 2.24) is 0 Å². The maximum atomic E-state index is 11.9. The number of rotatable bonds is 3. The van der Waals surface area contributed by atoms with Crippen LogP contribution in [0.15, 0.2) is 53.0 Å².